The average molecular weight is 277 g/mol. The van der Waals surface area contributed by atoms with Gasteiger partial charge in [0.25, 0.3) is 0 Å². The molecule has 0 atom stereocenters. The van der Waals surface area contributed by atoms with Gasteiger partial charge in [-0.3, -0.25) is 5.10 Å². The van der Waals surface area contributed by atoms with Gasteiger partial charge in [-0.2, -0.15) is 5.10 Å². The highest BCUT2D eigenvalue weighted by Crippen LogP contribution is 2.38. The molecule has 0 aliphatic carbocycles. The van der Waals surface area contributed by atoms with Crippen LogP contribution in [0.3, 0.4) is 0 Å². The Kier molecular flexibility index (Phi) is 4.45. The van der Waals surface area contributed by atoms with Crippen molar-refractivity contribution in [3.63, 3.8) is 0 Å². The smallest absolute Gasteiger partial charge is 0.185 e. The lowest BCUT2D eigenvalue weighted by Crippen LogP contribution is -1.95. The maximum atomic E-state index is 5.38. The van der Waals surface area contributed by atoms with E-state index in [0.717, 1.165) is 24.2 Å². The molecule has 6 nitrogen and oxygen atoms in total. The van der Waals surface area contributed by atoms with Gasteiger partial charge in [-0.25, -0.2) is 4.98 Å². The van der Waals surface area contributed by atoms with E-state index in [1.54, 1.807) is 27.4 Å². The topological polar surface area (TPSA) is 69.3 Å². The standard InChI is InChI=1S/C14H19N3O3/c1-5-6-13-15-14(17-16-13)9-7-11(19-3)12(20-4)8-10(9)18-2/h7-8H,5-6H2,1-4H3,(H,15,16,17). The maximum Gasteiger partial charge on any atom is 0.185 e. The third-order valence-electron chi connectivity index (χ3n) is 2.97. The Bertz CT molecular complexity index is 581. The van der Waals surface area contributed by atoms with E-state index in [-0.39, 0.29) is 0 Å². The van der Waals surface area contributed by atoms with E-state index in [4.69, 9.17) is 14.2 Å². The van der Waals surface area contributed by atoms with Crippen molar-refractivity contribution in [2.24, 2.45) is 0 Å². The third kappa shape index (κ3) is 2.68. The van der Waals surface area contributed by atoms with E-state index in [2.05, 4.69) is 22.1 Å². The number of H-pyrrole nitrogens is 1. The largest absolute Gasteiger partial charge is 0.496 e. The first kappa shape index (κ1) is 14.2. The number of nitrogens with zero attached hydrogens (tertiary/aromatic N) is 2. The summed E-state index contributed by atoms with van der Waals surface area (Å²) < 4.78 is 15.9. The Hall–Kier alpha value is -2.24. The number of aromatic nitrogens is 3. The number of aromatic amines is 1. The third-order valence-corrected chi connectivity index (χ3v) is 2.97. The molecule has 0 unspecified atom stereocenters. The summed E-state index contributed by atoms with van der Waals surface area (Å²) in [5.74, 6) is 3.32. The lowest BCUT2D eigenvalue weighted by atomic mass is 10.1. The molecule has 2 rings (SSSR count). The van der Waals surface area contributed by atoms with Gasteiger partial charge in [0.2, 0.25) is 0 Å². The zero-order valence-electron chi connectivity index (χ0n) is 12.2. The zero-order valence-corrected chi connectivity index (χ0v) is 12.2. The summed E-state index contributed by atoms with van der Waals surface area (Å²) in [6.45, 7) is 2.10. The fraction of sp³-hybridized carbons (Fsp3) is 0.429. The van der Waals surface area contributed by atoms with Gasteiger partial charge in [-0.15, -0.1) is 0 Å². The summed E-state index contributed by atoms with van der Waals surface area (Å²) in [5.41, 5.74) is 0.767. The van der Waals surface area contributed by atoms with Crippen LogP contribution in [0.2, 0.25) is 0 Å². The van der Waals surface area contributed by atoms with Crippen LogP contribution in [0.1, 0.15) is 19.2 Å². The first-order valence-corrected chi connectivity index (χ1v) is 6.45. The molecule has 0 spiro atoms. The number of aryl methyl sites for hydroxylation is 1. The lowest BCUT2D eigenvalue weighted by molar-refractivity contribution is 0.349. The van der Waals surface area contributed by atoms with E-state index in [0.29, 0.717) is 23.1 Å². The highest BCUT2D eigenvalue weighted by molar-refractivity contribution is 5.69. The van der Waals surface area contributed by atoms with Crippen molar-refractivity contribution < 1.29 is 14.2 Å². The molecule has 0 saturated carbocycles. The number of rotatable bonds is 6. The van der Waals surface area contributed by atoms with Crippen molar-refractivity contribution in [3.05, 3.63) is 18.0 Å². The highest BCUT2D eigenvalue weighted by atomic mass is 16.5. The molecular weight excluding hydrogens is 258 g/mol. The van der Waals surface area contributed by atoms with Gasteiger partial charge >= 0.3 is 0 Å². The summed E-state index contributed by atoms with van der Waals surface area (Å²) >= 11 is 0. The molecule has 1 heterocycles. The van der Waals surface area contributed by atoms with Gasteiger partial charge in [-0.05, 0) is 12.5 Å². The molecule has 0 aliphatic heterocycles. The van der Waals surface area contributed by atoms with Crippen molar-refractivity contribution in [2.75, 3.05) is 21.3 Å². The Balaban J connectivity index is 2.47. The number of hydrogen-bond acceptors (Lipinski definition) is 5. The monoisotopic (exact) mass is 277 g/mol. The van der Waals surface area contributed by atoms with E-state index in [1.165, 1.54) is 0 Å². The number of benzene rings is 1. The van der Waals surface area contributed by atoms with Crippen molar-refractivity contribution in [3.8, 4) is 28.6 Å². The number of ether oxygens (including phenoxy) is 3. The van der Waals surface area contributed by atoms with Crippen molar-refractivity contribution >= 4 is 0 Å². The minimum atomic E-state index is 0.589. The summed E-state index contributed by atoms with van der Waals surface area (Å²) in [4.78, 5) is 4.47. The first-order chi connectivity index (χ1) is 9.73. The molecule has 6 heteroatoms. The van der Waals surface area contributed by atoms with E-state index < -0.39 is 0 Å². The summed E-state index contributed by atoms with van der Waals surface area (Å²) in [5, 5.41) is 7.17. The highest BCUT2D eigenvalue weighted by Gasteiger charge is 2.16. The normalized spacial score (nSPS) is 10.4. The van der Waals surface area contributed by atoms with Gasteiger partial charge in [0.05, 0.1) is 26.9 Å². The second-order valence-electron chi connectivity index (χ2n) is 4.26. The molecule has 0 bridgehead atoms. The van der Waals surface area contributed by atoms with Gasteiger partial charge < -0.3 is 14.2 Å². The molecule has 108 valence electrons. The minimum absolute atomic E-state index is 0.589. The van der Waals surface area contributed by atoms with Crippen LogP contribution >= 0.6 is 0 Å². The van der Waals surface area contributed by atoms with Crippen LogP contribution in [0.25, 0.3) is 11.4 Å². The van der Waals surface area contributed by atoms with Crippen LogP contribution < -0.4 is 14.2 Å². The van der Waals surface area contributed by atoms with Crippen LogP contribution in [0.4, 0.5) is 0 Å². The Morgan fingerprint density at radius 3 is 2.25 bits per heavy atom. The van der Waals surface area contributed by atoms with Crippen molar-refractivity contribution in [1.29, 1.82) is 0 Å². The van der Waals surface area contributed by atoms with E-state index in [9.17, 15) is 0 Å². The molecule has 1 aromatic heterocycles. The molecule has 1 N–H and O–H groups in total. The predicted molar refractivity (Wildman–Crippen MR) is 75.5 cm³/mol. The second-order valence-corrected chi connectivity index (χ2v) is 4.26. The number of nitrogens with one attached hydrogen (secondary N) is 1. The Labute approximate surface area is 118 Å². The summed E-state index contributed by atoms with van der Waals surface area (Å²) in [6.07, 6.45) is 1.88. The SMILES string of the molecule is CCCc1nc(-c2cc(OC)c(OC)cc2OC)n[nH]1. The molecule has 0 saturated heterocycles. The molecule has 2 aromatic rings. The molecule has 0 aliphatic rings. The predicted octanol–water partition coefficient (Wildman–Crippen LogP) is 2.45. The zero-order chi connectivity index (χ0) is 14.5. The van der Waals surface area contributed by atoms with Crippen LogP contribution in [0, 0.1) is 0 Å². The Morgan fingerprint density at radius 1 is 1.00 bits per heavy atom. The Morgan fingerprint density at radius 2 is 1.65 bits per heavy atom. The number of hydrogen-bond donors (Lipinski definition) is 1. The molecular formula is C14H19N3O3. The first-order valence-electron chi connectivity index (χ1n) is 6.45. The maximum absolute atomic E-state index is 5.38. The fourth-order valence-electron chi connectivity index (χ4n) is 1.97. The van der Waals surface area contributed by atoms with E-state index in [1.807, 2.05) is 6.07 Å². The molecule has 20 heavy (non-hydrogen) atoms. The lowest BCUT2D eigenvalue weighted by Gasteiger charge is -2.12. The number of methoxy groups -OCH3 is 3. The van der Waals surface area contributed by atoms with E-state index >= 15 is 0 Å². The van der Waals surface area contributed by atoms with Gasteiger partial charge in [0.15, 0.2) is 17.3 Å². The fourth-order valence-corrected chi connectivity index (χ4v) is 1.97. The van der Waals surface area contributed by atoms with Gasteiger partial charge in [-0.1, -0.05) is 6.92 Å². The summed E-state index contributed by atoms with van der Waals surface area (Å²) in [6, 6.07) is 3.58. The quantitative estimate of drug-likeness (QED) is 0.878. The van der Waals surface area contributed by atoms with Crippen molar-refractivity contribution in [2.45, 2.75) is 19.8 Å². The summed E-state index contributed by atoms with van der Waals surface area (Å²) in [7, 11) is 4.78. The van der Waals surface area contributed by atoms with Crippen LogP contribution in [-0.2, 0) is 6.42 Å². The van der Waals surface area contributed by atoms with Gasteiger partial charge in [0.1, 0.15) is 11.6 Å². The minimum Gasteiger partial charge on any atom is -0.496 e. The van der Waals surface area contributed by atoms with Crippen LogP contribution in [-0.4, -0.2) is 36.5 Å². The van der Waals surface area contributed by atoms with Crippen molar-refractivity contribution in [1.82, 2.24) is 15.2 Å². The van der Waals surface area contributed by atoms with Crippen LogP contribution in [0.15, 0.2) is 12.1 Å². The van der Waals surface area contributed by atoms with Gasteiger partial charge in [0, 0.05) is 12.5 Å². The second kappa shape index (κ2) is 6.27. The van der Waals surface area contributed by atoms with Crippen LogP contribution in [0.5, 0.6) is 17.2 Å². The molecule has 0 radical (unpaired) electrons. The molecule has 1 aromatic carbocycles. The molecule has 0 fully saturated rings. The molecule has 0 amide bonds. The average Bonchev–Trinajstić information content (AvgIpc) is 2.94.